The third kappa shape index (κ3) is 3.52. The number of hydrogen-bond acceptors (Lipinski definition) is 6. The summed E-state index contributed by atoms with van der Waals surface area (Å²) in [5.41, 5.74) is 1.10. The number of ketones is 1. The Kier molecular flexibility index (Phi) is 4.73. The minimum atomic E-state index is -0.705. The number of hydrogen-bond donors (Lipinski definition) is 1. The third-order valence-corrected chi connectivity index (χ3v) is 5.06. The number of Topliss-reactive ketones (excluding diaryl/α,β-unsaturated/α-hetero) is 1. The highest BCUT2D eigenvalue weighted by atomic mass is 32.1. The quantitative estimate of drug-likeness (QED) is 0.553. The van der Waals surface area contributed by atoms with Crippen LogP contribution in [-0.2, 0) is 4.79 Å². The maximum Gasteiger partial charge on any atom is 0.298 e. The topological polar surface area (TPSA) is 68.3 Å². The van der Waals surface area contributed by atoms with Gasteiger partial charge in [-0.05, 0) is 43.3 Å². The van der Waals surface area contributed by atoms with Gasteiger partial charge in [-0.2, -0.15) is 0 Å². The van der Waals surface area contributed by atoms with Gasteiger partial charge in [0.1, 0.15) is 5.75 Å². The van der Waals surface area contributed by atoms with E-state index in [4.69, 9.17) is 4.74 Å². The first-order valence-electron chi connectivity index (χ1n) is 7.09. The van der Waals surface area contributed by atoms with Crippen molar-refractivity contribution in [1.82, 2.24) is 4.98 Å². The minimum absolute atomic E-state index is 0.305. The molecule has 0 atom stereocenters. The van der Waals surface area contributed by atoms with E-state index >= 15 is 0 Å². The largest absolute Gasteiger partial charge is 0.497 e. The highest BCUT2D eigenvalue weighted by Gasteiger charge is 2.18. The van der Waals surface area contributed by atoms with Crippen molar-refractivity contribution in [2.45, 2.75) is 6.92 Å². The number of benzene rings is 1. The van der Waals surface area contributed by atoms with Gasteiger partial charge in [0.2, 0.25) is 0 Å². The van der Waals surface area contributed by atoms with Gasteiger partial charge in [0, 0.05) is 15.8 Å². The molecule has 2 heterocycles. The molecule has 0 fully saturated rings. The molecule has 0 saturated heterocycles. The van der Waals surface area contributed by atoms with Crippen LogP contribution in [-0.4, -0.2) is 23.8 Å². The summed E-state index contributed by atoms with van der Waals surface area (Å²) in [6.45, 7) is 2.02. The summed E-state index contributed by atoms with van der Waals surface area (Å²) in [6.07, 6.45) is 0. The molecule has 24 heavy (non-hydrogen) atoms. The molecule has 3 rings (SSSR count). The summed E-state index contributed by atoms with van der Waals surface area (Å²) in [7, 11) is 1.54. The van der Waals surface area contributed by atoms with Crippen molar-refractivity contribution in [2.75, 3.05) is 12.4 Å². The fraction of sp³-hybridized carbons (Fsp3) is 0.118. The minimum Gasteiger partial charge on any atom is -0.497 e. The Labute approximate surface area is 146 Å². The molecule has 1 N–H and O–H groups in total. The van der Waals surface area contributed by atoms with E-state index in [0.29, 0.717) is 16.4 Å². The molecule has 3 aromatic rings. The Morgan fingerprint density at radius 2 is 1.88 bits per heavy atom. The Morgan fingerprint density at radius 1 is 1.12 bits per heavy atom. The number of aromatic nitrogens is 1. The van der Waals surface area contributed by atoms with Gasteiger partial charge >= 0.3 is 0 Å². The maximum absolute atomic E-state index is 12.2. The number of methoxy groups -OCH3 is 1. The Hall–Kier alpha value is -2.51. The number of nitrogens with zero attached hydrogens (tertiary/aromatic N) is 1. The van der Waals surface area contributed by atoms with E-state index in [2.05, 4.69) is 10.3 Å². The summed E-state index contributed by atoms with van der Waals surface area (Å²) < 4.78 is 5.03. The van der Waals surface area contributed by atoms with Gasteiger partial charge in [0.15, 0.2) is 5.13 Å². The number of nitrogens with one attached hydrogen (secondary N) is 1. The second-order valence-corrected chi connectivity index (χ2v) is 7.11. The van der Waals surface area contributed by atoms with E-state index in [-0.39, 0.29) is 0 Å². The van der Waals surface area contributed by atoms with Gasteiger partial charge < -0.3 is 4.74 Å². The van der Waals surface area contributed by atoms with Crippen molar-refractivity contribution >= 4 is 39.5 Å². The van der Waals surface area contributed by atoms with Crippen LogP contribution >= 0.6 is 22.7 Å². The van der Waals surface area contributed by atoms with Crippen LogP contribution in [0.3, 0.4) is 0 Å². The summed E-state index contributed by atoms with van der Waals surface area (Å²) >= 11 is 2.92. The van der Waals surface area contributed by atoms with Gasteiger partial charge in [0.05, 0.1) is 17.7 Å². The SMILES string of the molecule is COc1ccc(C(=O)C(=O)Nc2nc(-c3ccc(C)s3)cs2)cc1. The monoisotopic (exact) mass is 358 g/mol. The molecule has 0 bridgehead atoms. The number of amides is 1. The van der Waals surface area contributed by atoms with Gasteiger partial charge in [-0.15, -0.1) is 22.7 Å². The second-order valence-electron chi connectivity index (χ2n) is 4.96. The number of ether oxygens (including phenoxy) is 1. The molecular weight excluding hydrogens is 344 g/mol. The highest BCUT2D eigenvalue weighted by Crippen LogP contribution is 2.30. The van der Waals surface area contributed by atoms with Gasteiger partial charge in [-0.25, -0.2) is 4.98 Å². The second kappa shape index (κ2) is 6.94. The van der Waals surface area contributed by atoms with Crippen molar-refractivity contribution in [2.24, 2.45) is 0 Å². The zero-order valence-electron chi connectivity index (χ0n) is 13.0. The van der Waals surface area contributed by atoms with Crippen LogP contribution in [0, 0.1) is 6.92 Å². The zero-order valence-corrected chi connectivity index (χ0v) is 14.7. The predicted molar refractivity (Wildman–Crippen MR) is 96.1 cm³/mol. The van der Waals surface area contributed by atoms with Crippen molar-refractivity contribution < 1.29 is 14.3 Å². The lowest BCUT2D eigenvalue weighted by Crippen LogP contribution is -2.22. The van der Waals surface area contributed by atoms with Crippen LogP contribution in [0.4, 0.5) is 5.13 Å². The van der Waals surface area contributed by atoms with Crippen LogP contribution in [0.1, 0.15) is 15.2 Å². The molecule has 2 aromatic heterocycles. The van der Waals surface area contributed by atoms with Crippen LogP contribution < -0.4 is 10.1 Å². The number of carbonyl (C=O) groups is 2. The molecule has 0 radical (unpaired) electrons. The van der Waals surface area contributed by atoms with Crippen LogP contribution in [0.5, 0.6) is 5.75 Å². The molecule has 5 nitrogen and oxygen atoms in total. The number of thiazole rings is 1. The molecule has 0 aliphatic carbocycles. The third-order valence-electron chi connectivity index (χ3n) is 3.28. The average Bonchev–Trinajstić information content (AvgIpc) is 3.23. The lowest BCUT2D eigenvalue weighted by Gasteiger charge is -2.03. The van der Waals surface area contributed by atoms with Crippen LogP contribution in [0.25, 0.3) is 10.6 Å². The van der Waals surface area contributed by atoms with Crippen LogP contribution in [0.15, 0.2) is 41.8 Å². The molecule has 1 amide bonds. The fourth-order valence-corrected chi connectivity index (χ4v) is 3.65. The van der Waals surface area contributed by atoms with E-state index in [1.54, 1.807) is 42.7 Å². The first kappa shape index (κ1) is 16.4. The van der Waals surface area contributed by atoms with Crippen molar-refractivity contribution in [1.29, 1.82) is 0 Å². The summed E-state index contributed by atoms with van der Waals surface area (Å²) in [5, 5.41) is 4.82. The molecular formula is C17H14N2O3S2. The Bertz CT molecular complexity index is 881. The van der Waals surface area contributed by atoms with Crippen molar-refractivity contribution in [3.05, 3.63) is 52.2 Å². The normalized spacial score (nSPS) is 10.4. The molecule has 0 spiro atoms. The predicted octanol–water partition coefficient (Wildman–Crippen LogP) is 4.01. The average molecular weight is 358 g/mol. The zero-order chi connectivity index (χ0) is 17.1. The Morgan fingerprint density at radius 3 is 2.50 bits per heavy atom. The number of anilines is 1. The number of thiophene rings is 1. The van der Waals surface area contributed by atoms with E-state index in [1.165, 1.54) is 16.2 Å². The molecule has 0 saturated carbocycles. The lowest BCUT2D eigenvalue weighted by molar-refractivity contribution is -0.112. The Balaban J connectivity index is 1.70. The van der Waals surface area contributed by atoms with Crippen molar-refractivity contribution in [3.63, 3.8) is 0 Å². The van der Waals surface area contributed by atoms with Crippen LogP contribution in [0.2, 0.25) is 0 Å². The molecule has 0 aliphatic rings. The highest BCUT2D eigenvalue weighted by molar-refractivity contribution is 7.17. The summed E-state index contributed by atoms with van der Waals surface area (Å²) in [4.78, 5) is 30.8. The molecule has 0 aliphatic heterocycles. The standard InChI is InChI=1S/C17H14N2O3S2/c1-10-3-8-14(24-10)13-9-23-17(18-13)19-16(21)15(20)11-4-6-12(22-2)7-5-11/h3-9H,1-2H3,(H,18,19,21). The van der Waals surface area contributed by atoms with E-state index < -0.39 is 11.7 Å². The number of aryl methyl sites for hydroxylation is 1. The van der Waals surface area contributed by atoms with E-state index in [1.807, 2.05) is 24.4 Å². The van der Waals surface area contributed by atoms with Gasteiger partial charge in [0.25, 0.3) is 11.7 Å². The first-order valence-corrected chi connectivity index (χ1v) is 8.78. The number of carbonyl (C=O) groups excluding carboxylic acids is 2. The van der Waals surface area contributed by atoms with E-state index in [9.17, 15) is 9.59 Å². The smallest absolute Gasteiger partial charge is 0.298 e. The first-order chi connectivity index (χ1) is 11.6. The molecule has 122 valence electrons. The molecule has 7 heteroatoms. The lowest BCUT2D eigenvalue weighted by atomic mass is 10.1. The molecule has 1 aromatic carbocycles. The van der Waals surface area contributed by atoms with Crippen molar-refractivity contribution in [3.8, 4) is 16.3 Å². The van der Waals surface area contributed by atoms with E-state index in [0.717, 1.165) is 10.6 Å². The summed E-state index contributed by atoms with van der Waals surface area (Å²) in [6, 6.07) is 10.4. The molecule has 0 unspecified atom stereocenters. The fourth-order valence-electron chi connectivity index (χ4n) is 2.04. The maximum atomic E-state index is 12.2. The van der Waals surface area contributed by atoms with Gasteiger partial charge in [-0.3, -0.25) is 14.9 Å². The van der Waals surface area contributed by atoms with Gasteiger partial charge in [-0.1, -0.05) is 0 Å². The summed E-state index contributed by atoms with van der Waals surface area (Å²) in [5.74, 6) is -0.687. The number of rotatable bonds is 5.